The van der Waals surface area contributed by atoms with Gasteiger partial charge in [-0.1, -0.05) is 48.5 Å². The third-order valence-corrected chi connectivity index (χ3v) is 5.99. The molecule has 0 spiro atoms. The van der Waals surface area contributed by atoms with Crippen molar-refractivity contribution in [2.45, 2.75) is 19.1 Å². The van der Waals surface area contributed by atoms with Crippen LogP contribution in [0.4, 0.5) is 10.1 Å². The lowest BCUT2D eigenvalue weighted by atomic mass is 10.1. The molecule has 6 nitrogen and oxygen atoms in total. The Kier molecular flexibility index (Phi) is 7.54. The van der Waals surface area contributed by atoms with Crippen LogP contribution in [0.5, 0.6) is 5.75 Å². The predicted molar refractivity (Wildman–Crippen MR) is 128 cm³/mol. The number of amides is 1. The first-order chi connectivity index (χ1) is 16.0. The van der Waals surface area contributed by atoms with E-state index in [2.05, 4.69) is 22.0 Å². The number of hydrogen-bond donors (Lipinski definition) is 2. The molecule has 0 bridgehead atoms. The number of aliphatic hydroxyl groups excluding tert-OH is 1. The first-order valence-corrected chi connectivity index (χ1v) is 11.3. The zero-order valence-electron chi connectivity index (χ0n) is 18.8. The quantitative estimate of drug-likeness (QED) is 0.550. The van der Waals surface area contributed by atoms with Gasteiger partial charge in [0.05, 0.1) is 6.54 Å². The number of fused-ring (bicyclic) bond motifs is 1. The van der Waals surface area contributed by atoms with E-state index in [1.54, 1.807) is 18.2 Å². The third-order valence-electron chi connectivity index (χ3n) is 5.99. The Labute approximate surface area is 193 Å². The molecule has 2 atom stereocenters. The van der Waals surface area contributed by atoms with Crippen molar-refractivity contribution in [3.63, 3.8) is 0 Å². The van der Waals surface area contributed by atoms with Gasteiger partial charge < -0.3 is 15.2 Å². The largest absolute Gasteiger partial charge is 0.488 e. The van der Waals surface area contributed by atoms with E-state index < -0.39 is 11.9 Å². The Bertz CT molecular complexity index is 1090. The third kappa shape index (κ3) is 6.07. The number of halogens is 1. The fraction of sp³-hybridized carbons (Fsp3) is 0.346. The lowest BCUT2D eigenvalue weighted by molar-refractivity contribution is -0.118. The maximum absolute atomic E-state index is 13.7. The molecule has 4 rings (SSSR count). The van der Waals surface area contributed by atoms with Crippen molar-refractivity contribution in [2.75, 3.05) is 44.6 Å². The summed E-state index contributed by atoms with van der Waals surface area (Å²) in [6, 6.07) is 20.2. The number of carbonyl (C=O) groups excluding carboxylic acids is 1. The number of carbonyl (C=O) groups is 1. The topological polar surface area (TPSA) is 65.0 Å². The molecule has 3 aromatic rings. The van der Waals surface area contributed by atoms with Crippen LogP contribution >= 0.6 is 0 Å². The summed E-state index contributed by atoms with van der Waals surface area (Å²) in [6.07, 6.45) is -0.728. The first-order valence-electron chi connectivity index (χ1n) is 11.3. The van der Waals surface area contributed by atoms with Crippen LogP contribution in [-0.2, 0) is 4.79 Å². The van der Waals surface area contributed by atoms with Gasteiger partial charge in [0.25, 0.3) is 0 Å². The van der Waals surface area contributed by atoms with Crippen LogP contribution in [0.1, 0.15) is 6.92 Å². The van der Waals surface area contributed by atoms with Crippen molar-refractivity contribution >= 4 is 22.4 Å². The molecule has 1 amide bonds. The molecular formula is C26H30FN3O3. The summed E-state index contributed by atoms with van der Waals surface area (Å²) in [5.41, 5.74) is 0.822. The average molecular weight is 452 g/mol. The molecule has 2 N–H and O–H groups in total. The number of aliphatic hydroxyl groups is 1. The molecule has 7 heteroatoms. The fourth-order valence-corrected chi connectivity index (χ4v) is 4.28. The summed E-state index contributed by atoms with van der Waals surface area (Å²) in [7, 11) is 0. The summed E-state index contributed by atoms with van der Waals surface area (Å²) in [5.74, 6) is -0.328. The van der Waals surface area contributed by atoms with E-state index in [0.717, 1.165) is 36.1 Å². The number of hydrogen-bond acceptors (Lipinski definition) is 5. The molecule has 33 heavy (non-hydrogen) atoms. The average Bonchev–Trinajstić information content (AvgIpc) is 2.80. The lowest BCUT2D eigenvalue weighted by Gasteiger charge is -2.40. The standard InChI is InChI=1S/C26H30FN3O3/c1-19-15-29(17-26(32)28-24-11-6-8-20-7-2-3-9-22(20)24)13-14-30(19)16-21(31)18-33-25-12-5-4-10-23(25)27/h2-12,19,21,31H,13-18H2,1H3,(H,28,32). The Hall–Kier alpha value is -3.00. The van der Waals surface area contributed by atoms with E-state index in [9.17, 15) is 14.3 Å². The van der Waals surface area contributed by atoms with E-state index in [1.165, 1.54) is 6.07 Å². The summed E-state index contributed by atoms with van der Waals surface area (Å²) in [5, 5.41) is 15.5. The van der Waals surface area contributed by atoms with Crippen LogP contribution in [0.2, 0.25) is 0 Å². The molecule has 0 aliphatic carbocycles. The summed E-state index contributed by atoms with van der Waals surface area (Å²) < 4.78 is 19.1. The molecular weight excluding hydrogens is 421 g/mol. The molecule has 0 radical (unpaired) electrons. The van der Waals surface area contributed by atoms with Gasteiger partial charge in [-0.05, 0) is 30.5 Å². The number of benzene rings is 3. The summed E-state index contributed by atoms with van der Waals surface area (Å²) in [6.45, 7) is 5.06. The highest BCUT2D eigenvalue weighted by Crippen LogP contribution is 2.23. The number of anilines is 1. The van der Waals surface area contributed by atoms with Gasteiger partial charge in [0.2, 0.25) is 5.91 Å². The molecule has 0 aromatic heterocycles. The number of nitrogens with one attached hydrogen (secondary N) is 1. The van der Waals surface area contributed by atoms with Crippen LogP contribution in [0.3, 0.4) is 0 Å². The maximum atomic E-state index is 13.7. The maximum Gasteiger partial charge on any atom is 0.238 e. The highest BCUT2D eigenvalue weighted by atomic mass is 19.1. The Morgan fingerprint density at radius 3 is 2.70 bits per heavy atom. The van der Waals surface area contributed by atoms with Gasteiger partial charge in [0, 0.05) is 43.3 Å². The fourth-order valence-electron chi connectivity index (χ4n) is 4.28. The van der Waals surface area contributed by atoms with E-state index >= 15 is 0 Å². The molecule has 0 saturated carbocycles. The Morgan fingerprint density at radius 2 is 1.88 bits per heavy atom. The Morgan fingerprint density at radius 1 is 1.12 bits per heavy atom. The molecule has 1 aliphatic rings. The van der Waals surface area contributed by atoms with Crippen molar-refractivity contribution in [1.82, 2.24) is 9.80 Å². The SMILES string of the molecule is CC1CN(CC(=O)Nc2cccc3ccccc23)CCN1CC(O)COc1ccccc1F. The van der Waals surface area contributed by atoms with Crippen LogP contribution in [-0.4, -0.2) is 72.3 Å². The normalized spacial score (nSPS) is 18.2. The number of piperazine rings is 1. The minimum atomic E-state index is -0.728. The van der Waals surface area contributed by atoms with Gasteiger partial charge in [-0.3, -0.25) is 14.6 Å². The van der Waals surface area contributed by atoms with Crippen LogP contribution in [0, 0.1) is 5.82 Å². The first kappa shape index (κ1) is 23.2. The van der Waals surface area contributed by atoms with E-state index in [-0.39, 0.29) is 24.3 Å². The highest BCUT2D eigenvalue weighted by Gasteiger charge is 2.26. The van der Waals surface area contributed by atoms with Gasteiger partial charge in [-0.15, -0.1) is 0 Å². The van der Waals surface area contributed by atoms with Crippen LogP contribution in [0.25, 0.3) is 10.8 Å². The molecule has 3 aromatic carbocycles. The van der Waals surface area contributed by atoms with Gasteiger partial charge >= 0.3 is 0 Å². The molecule has 1 fully saturated rings. The second kappa shape index (κ2) is 10.7. The second-order valence-corrected chi connectivity index (χ2v) is 8.55. The zero-order chi connectivity index (χ0) is 23.2. The smallest absolute Gasteiger partial charge is 0.238 e. The number of β-amino-alcohol motifs (C(OH)–C–C–N with tert-alkyl or cyclic N) is 1. The molecule has 174 valence electrons. The molecule has 1 heterocycles. The summed E-state index contributed by atoms with van der Waals surface area (Å²) >= 11 is 0. The Balaban J connectivity index is 1.24. The van der Waals surface area contributed by atoms with Crippen molar-refractivity contribution in [3.05, 3.63) is 72.5 Å². The van der Waals surface area contributed by atoms with E-state index in [1.807, 2.05) is 42.5 Å². The van der Waals surface area contributed by atoms with Crippen LogP contribution < -0.4 is 10.1 Å². The van der Waals surface area contributed by atoms with Crippen molar-refractivity contribution in [1.29, 1.82) is 0 Å². The van der Waals surface area contributed by atoms with E-state index in [0.29, 0.717) is 13.1 Å². The minimum Gasteiger partial charge on any atom is -0.488 e. The predicted octanol–water partition coefficient (Wildman–Crippen LogP) is 3.36. The number of ether oxygens (including phenoxy) is 1. The van der Waals surface area contributed by atoms with Gasteiger partial charge in [-0.2, -0.15) is 0 Å². The lowest BCUT2D eigenvalue weighted by Crippen LogP contribution is -2.55. The van der Waals surface area contributed by atoms with Gasteiger partial charge in [0.1, 0.15) is 12.7 Å². The van der Waals surface area contributed by atoms with E-state index in [4.69, 9.17) is 4.74 Å². The number of nitrogens with zero attached hydrogens (tertiary/aromatic N) is 2. The minimum absolute atomic E-state index is 0.0291. The highest BCUT2D eigenvalue weighted by molar-refractivity contribution is 6.02. The van der Waals surface area contributed by atoms with Crippen molar-refractivity contribution in [2.24, 2.45) is 0 Å². The monoisotopic (exact) mass is 451 g/mol. The second-order valence-electron chi connectivity index (χ2n) is 8.55. The van der Waals surface area contributed by atoms with Gasteiger partial charge in [0.15, 0.2) is 11.6 Å². The van der Waals surface area contributed by atoms with Crippen molar-refractivity contribution in [3.8, 4) is 5.75 Å². The van der Waals surface area contributed by atoms with Gasteiger partial charge in [-0.25, -0.2) is 4.39 Å². The zero-order valence-corrected chi connectivity index (χ0v) is 18.8. The van der Waals surface area contributed by atoms with Crippen LogP contribution in [0.15, 0.2) is 66.7 Å². The molecule has 1 saturated heterocycles. The number of para-hydroxylation sites is 1. The number of rotatable bonds is 8. The van der Waals surface area contributed by atoms with Crippen molar-refractivity contribution < 1.29 is 19.0 Å². The molecule has 1 aliphatic heterocycles. The summed E-state index contributed by atoms with van der Waals surface area (Å²) in [4.78, 5) is 17.0. The molecule has 2 unspecified atom stereocenters.